The second kappa shape index (κ2) is 10.5. The van der Waals surface area contributed by atoms with E-state index in [0.29, 0.717) is 13.0 Å². The molecule has 0 spiro atoms. The summed E-state index contributed by atoms with van der Waals surface area (Å²) in [5, 5.41) is 6.04. The zero-order valence-corrected chi connectivity index (χ0v) is 18.8. The lowest BCUT2D eigenvalue weighted by Crippen LogP contribution is -2.40. The number of para-hydroxylation sites is 2. The quantitative estimate of drug-likeness (QED) is 0.357. The van der Waals surface area contributed by atoms with Gasteiger partial charge in [-0.25, -0.2) is 9.78 Å². The summed E-state index contributed by atoms with van der Waals surface area (Å²) < 4.78 is 10.4. The molecule has 0 saturated carbocycles. The van der Waals surface area contributed by atoms with Gasteiger partial charge in [0.15, 0.2) is 0 Å². The highest BCUT2D eigenvalue weighted by Gasteiger charge is 2.19. The van der Waals surface area contributed by atoms with Crippen LogP contribution in [0, 0.1) is 0 Å². The number of ether oxygens (including phenoxy) is 2. The number of nitrogens with zero attached hydrogens (tertiary/aromatic N) is 1. The van der Waals surface area contributed by atoms with E-state index in [1.54, 1.807) is 14.2 Å². The van der Waals surface area contributed by atoms with Crippen molar-refractivity contribution in [3.05, 3.63) is 89.7 Å². The van der Waals surface area contributed by atoms with Crippen LogP contribution >= 0.6 is 0 Å². The van der Waals surface area contributed by atoms with E-state index in [4.69, 9.17) is 14.5 Å². The molecule has 0 unspecified atom stereocenters. The minimum absolute atomic E-state index is 0.234. The Morgan fingerprint density at radius 1 is 0.909 bits per heavy atom. The third kappa shape index (κ3) is 5.83. The number of hydrogen-bond donors (Lipinski definition) is 3. The van der Waals surface area contributed by atoms with Gasteiger partial charge in [-0.3, -0.25) is 0 Å². The molecule has 4 rings (SSSR count). The van der Waals surface area contributed by atoms with Gasteiger partial charge in [0, 0.05) is 6.54 Å². The third-order valence-corrected chi connectivity index (χ3v) is 5.50. The number of nitrogens with one attached hydrogen (secondary N) is 3. The summed E-state index contributed by atoms with van der Waals surface area (Å²) in [6.07, 6.45) is 1.32. The maximum Gasteiger partial charge on any atom is 0.315 e. The van der Waals surface area contributed by atoms with E-state index in [2.05, 4.69) is 15.6 Å². The van der Waals surface area contributed by atoms with Gasteiger partial charge in [-0.1, -0.05) is 36.4 Å². The minimum atomic E-state index is -0.313. The lowest BCUT2D eigenvalue weighted by atomic mass is 10.1. The molecule has 2 amide bonds. The molecule has 33 heavy (non-hydrogen) atoms. The summed E-state index contributed by atoms with van der Waals surface area (Å²) >= 11 is 0. The number of aromatic amines is 1. The first-order valence-electron chi connectivity index (χ1n) is 10.9. The molecule has 0 aliphatic heterocycles. The average Bonchev–Trinajstić information content (AvgIpc) is 3.29. The number of urea groups is 1. The van der Waals surface area contributed by atoms with Crippen LogP contribution in [-0.4, -0.2) is 36.8 Å². The van der Waals surface area contributed by atoms with Crippen molar-refractivity contribution in [1.82, 2.24) is 20.6 Å². The minimum Gasteiger partial charge on any atom is -0.497 e. The Morgan fingerprint density at radius 2 is 1.55 bits per heavy atom. The lowest BCUT2D eigenvalue weighted by molar-refractivity contribution is 0.236. The Balaban J connectivity index is 1.43. The van der Waals surface area contributed by atoms with Crippen molar-refractivity contribution in [2.45, 2.75) is 18.9 Å². The fourth-order valence-corrected chi connectivity index (χ4v) is 3.67. The molecular formula is C26H28N4O3. The summed E-state index contributed by atoms with van der Waals surface area (Å²) in [5.41, 5.74) is 4.01. The fraction of sp³-hybridized carbons (Fsp3) is 0.231. The van der Waals surface area contributed by atoms with E-state index in [0.717, 1.165) is 45.9 Å². The molecule has 1 atom stereocenters. The molecule has 0 fully saturated rings. The fourth-order valence-electron chi connectivity index (χ4n) is 3.67. The number of methoxy groups -OCH3 is 2. The predicted octanol–water partition coefficient (Wildman–Crippen LogP) is 4.41. The molecule has 7 heteroatoms. The van der Waals surface area contributed by atoms with Crippen molar-refractivity contribution in [1.29, 1.82) is 0 Å². The van der Waals surface area contributed by atoms with Crippen molar-refractivity contribution in [3.8, 4) is 11.5 Å². The standard InChI is InChI=1S/C26H28N4O3/c1-32-20-11-7-18(8-12-20)15-16-27-26(31)30-24(17-19-9-13-21(33-2)14-10-19)25-28-22-5-3-4-6-23(22)29-25/h3-14,24H,15-17H2,1-2H3,(H,28,29)(H2,27,30,31)/t24-/m1/s1. The topological polar surface area (TPSA) is 88.3 Å². The van der Waals surface area contributed by atoms with E-state index >= 15 is 0 Å². The highest BCUT2D eigenvalue weighted by atomic mass is 16.5. The van der Waals surface area contributed by atoms with E-state index < -0.39 is 0 Å². The van der Waals surface area contributed by atoms with Crippen LogP contribution in [0.25, 0.3) is 11.0 Å². The number of carbonyl (C=O) groups is 1. The number of aromatic nitrogens is 2. The monoisotopic (exact) mass is 444 g/mol. The highest BCUT2D eigenvalue weighted by molar-refractivity contribution is 5.76. The van der Waals surface area contributed by atoms with Crippen LogP contribution in [0.3, 0.4) is 0 Å². The summed E-state index contributed by atoms with van der Waals surface area (Å²) in [6, 6.07) is 23.0. The first-order valence-corrected chi connectivity index (χ1v) is 10.9. The van der Waals surface area contributed by atoms with E-state index in [1.165, 1.54) is 0 Å². The largest absolute Gasteiger partial charge is 0.497 e. The summed E-state index contributed by atoms with van der Waals surface area (Å²) in [5.74, 6) is 2.33. The summed E-state index contributed by atoms with van der Waals surface area (Å²) in [6.45, 7) is 0.521. The van der Waals surface area contributed by atoms with Crippen molar-refractivity contribution in [2.24, 2.45) is 0 Å². The zero-order valence-electron chi connectivity index (χ0n) is 18.8. The maximum absolute atomic E-state index is 12.7. The molecule has 0 aliphatic carbocycles. The van der Waals surface area contributed by atoms with Gasteiger partial charge in [0.05, 0.1) is 31.3 Å². The molecule has 3 N–H and O–H groups in total. The Labute approximate surface area is 193 Å². The number of carbonyl (C=O) groups excluding carboxylic acids is 1. The van der Waals surface area contributed by atoms with Gasteiger partial charge < -0.3 is 25.1 Å². The van der Waals surface area contributed by atoms with Gasteiger partial charge in [-0.05, 0) is 60.4 Å². The van der Waals surface area contributed by atoms with Gasteiger partial charge in [0.1, 0.15) is 17.3 Å². The van der Waals surface area contributed by atoms with Crippen molar-refractivity contribution >= 4 is 17.1 Å². The SMILES string of the molecule is COc1ccc(CCNC(=O)N[C@H](Cc2ccc(OC)cc2)c2nc3ccccc3[nH]2)cc1. The molecule has 7 nitrogen and oxygen atoms in total. The zero-order chi connectivity index (χ0) is 23.0. The van der Waals surface area contributed by atoms with Gasteiger partial charge >= 0.3 is 6.03 Å². The van der Waals surface area contributed by atoms with Crippen LogP contribution in [0.4, 0.5) is 4.79 Å². The predicted molar refractivity (Wildman–Crippen MR) is 129 cm³/mol. The van der Waals surface area contributed by atoms with Gasteiger partial charge in [0.25, 0.3) is 0 Å². The molecule has 1 aromatic heterocycles. The second-order valence-electron chi connectivity index (χ2n) is 7.74. The maximum atomic E-state index is 12.7. The Kier molecular flexibility index (Phi) is 7.09. The number of amides is 2. The number of H-pyrrole nitrogens is 1. The third-order valence-electron chi connectivity index (χ3n) is 5.50. The van der Waals surface area contributed by atoms with E-state index in [1.807, 2.05) is 72.8 Å². The van der Waals surface area contributed by atoms with Gasteiger partial charge in [0.2, 0.25) is 0 Å². The lowest BCUT2D eigenvalue weighted by Gasteiger charge is -2.18. The van der Waals surface area contributed by atoms with E-state index in [-0.39, 0.29) is 12.1 Å². The van der Waals surface area contributed by atoms with Crippen LogP contribution in [0.1, 0.15) is 23.0 Å². The first kappa shape index (κ1) is 22.2. The van der Waals surface area contributed by atoms with Gasteiger partial charge in [-0.2, -0.15) is 0 Å². The Hall–Kier alpha value is -4.00. The molecule has 0 saturated heterocycles. The van der Waals surface area contributed by atoms with Crippen molar-refractivity contribution in [3.63, 3.8) is 0 Å². The van der Waals surface area contributed by atoms with Crippen LogP contribution in [0.15, 0.2) is 72.8 Å². The summed E-state index contributed by atoms with van der Waals surface area (Å²) in [4.78, 5) is 20.8. The first-order chi connectivity index (χ1) is 16.1. The van der Waals surface area contributed by atoms with E-state index in [9.17, 15) is 4.79 Å². The number of hydrogen-bond acceptors (Lipinski definition) is 4. The number of fused-ring (bicyclic) bond motifs is 1. The number of imidazole rings is 1. The van der Waals surface area contributed by atoms with Gasteiger partial charge in [-0.15, -0.1) is 0 Å². The van der Waals surface area contributed by atoms with Crippen molar-refractivity contribution in [2.75, 3.05) is 20.8 Å². The average molecular weight is 445 g/mol. The molecule has 170 valence electrons. The normalized spacial score (nSPS) is 11.7. The molecule has 0 aliphatic rings. The molecule has 0 bridgehead atoms. The second-order valence-corrected chi connectivity index (χ2v) is 7.74. The van der Waals surface area contributed by atoms with Crippen LogP contribution in [0.2, 0.25) is 0 Å². The number of benzene rings is 3. The van der Waals surface area contributed by atoms with Crippen LogP contribution in [-0.2, 0) is 12.8 Å². The smallest absolute Gasteiger partial charge is 0.315 e. The Morgan fingerprint density at radius 3 is 2.18 bits per heavy atom. The number of rotatable bonds is 9. The Bertz CT molecular complexity index is 1150. The highest BCUT2D eigenvalue weighted by Crippen LogP contribution is 2.21. The molecule has 0 radical (unpaired) electrons. The summed E-state index contributed by atoms with van der Waals surface area (Å²) in [7, 11) is 3.29. The molecule has 3 aromatic carbocycles. The molecular weight excluding hydrogens is 416 g/mol. The van der Waals surface area contributed by atoms with Crippen LogP contribution in [0.5, 0.6) is 11.5 Å². The molecule has 1 heterocycles. The van der Waals surface area contributed by atoms with Crippen LogP contribution < -0.4 is 20.1 Å². The molecule has 4 aromatic rings. The van der Waals surface area contributed by atoms with Crippen molar-refractivity contribution < 1.29 is 14.3 Å².